The molecule has 3 aromatic rings. The molecular weight excluding hydrogens is 769 g/mol. The van der Waals surface area contributed by atoms with Gasteiger partial charge < -0.3 is 0 Å². The Bertz CT molecular complexity index is 1590. The molecule has 9 fully saturated rings. The van der Waals surface area contributed by atoms with Crippen molar-refractivity contribution >= 4 is 12.2 Å². The molecule has 0 spiro atoms. The normalized spacial score (nSPS) is 40.7. The van der Waals surface area contributed by atoms with Crippen LogP contribution in [-0.2, 0) is 32.7 Å². The molecule has 9 aliphatic rings. The van der Waals surface area contributed by atoms with Crippen LogP contribution in [0.2, 0.25) is 0 Å². The zero-order valence-electron chi connectivity index (χ0n) is 32.1. The Hall–Kier alpha value is -1.69. The summed E-state index contributed by atoms with van der Waals surface area (Å²) in [6.45, 7) is 23.7. The minimum atomic E-state index is -2.39. The Morgan fingerprint density at radius 3 is 0.918 bits per heavy atom. The van der Waals surface area contributed by atoms with Gasteiger partial charge in [-0.2, -0.15) is 0 Å². The Kier molecular flexibility index (Phi) is 7.23. The first-order chi connectivity index (χ1) is 23.3. The summed E-state index contributed by atoms with van der Waals surface area (Å²) >= 11 is -2.39. The number of hydrogen-bond acceptors (Lipinski definition) is 0. The minimum absolute atomic E-state index is 0.281. The van der Waals surface area contributed by atoms with E-state index in [4.69, 9.17) is 0 Å². The van der Waals surface area contributed by atoms with Gasteiger partial charge in [0.15, 0.2) is 0 Å². The van der Waals surface area contributed by atoms with Crippen molar-refractivity contribution < 1.29 is 16.5 Å². The van der Waals surface area contributed by atoms with Gasteiger partial charge in [0.2, 0.25) is 0 Å². The van der Waals surface area contributed by atoms with E-state index in [0.717, 1.165) is 35.5 Å². The molecule has 0 radical (unpaired) electrons. The van der Waals surface area contributed by atoms with Crippen LogP contribution in [0.4, 0.5) is 0 Å². The fourth-order valence-electron chi connectivity index (χ4n) is 14.7. The monoisotopic (exact) mass is 832 g/mol. The van der Waals surface area contributed by atoms with Gasteiger partial charge in [0.05, 0.1) is 0 Å². The number of hydrogen-bond donors (Lipinski definition) is 0. The summed E-state index contributed by atoms with van der Waals surface area (Å²) in [6, 6.07) is 30.5. The second-order valence-electron chi connectivity index (χ2n) is 19.8. The summed E-state index contributed by atoms with van der Waals surface area (Å²) < 4.78 is 5.35. The van der Waals surface area contributed by atoms with Crippen LogP contribution in [0.15, 0.2) is 72.8 Å². The van der Waals surface area contributed by atoms with Gasteiger partial charge in [-0.15, -0.1) is 0 Å². The SMILES string of the molecule is CC1CCC2CC1(c1cccc[c]1[Ir]([c]1ccccc1C13CC(CCC1C)C3(C)C)[c]1ccccc1C13CC(CCC1C)C3(C)C)C2(C)C. The van der Waals surface area contributed by atoms with Crippen LogP contribution in [0.1, 0.15) is 137 Å². The molecule has 0 N–H and O–H groups in total. The zero-order valence-corrected chi connectivity index (χ0v) is 34.5. The van der Waals surface area contributed by atoms with Crippen molar-refractivity contribution in [2.75, 3.05) is 0 Å². The van der Waals surface area contributed by atoms with Gasteiger partial charge in [0, 0.05) is 0 Å². The van der Waals surface area contributed by atoms with Crippen LogP contribution in [0.3, 0.4) is 0 Å². The fraction of sp³-hybridized carbons (Fsp3) is 0.625. The molecule has 9 saturated carbocycles. The summed E-state index contributed by atoms with van der Waals surface area (Å²) in [7, 11) is 0. The molecule has 49 heavy (non-hydrogen) atoms. The summed E-state index contributed by atoms with van der Waals surface area (Å²) in [4.78, 5) is 0. The van der Waals surface area contributed by atoms with Crippen molar-refractivity contribution in [1.29, 1.82) is 0 Å². The third-order valence-electron chi connectivity index (χ3n) is 18.1. The maximum absolute atomic E-state index is 2.67. The topological polar surface area (TPSA) is 0 Å². The second kappa shape index (κ2) is 10.7. The van der Waals surface area contributed by atoms with E-state index >= 15 is 0 Å². The van der Waals surface area contributed by atoms with Crippen molar-refractivity contribution in [1.82, 2.24) is 0 Å². The Balaban J connectivity index is 1.33. The van der Waals surface area contributed by atoms with E-state index in [1.165, 1.54) is 57.8 Å². The molecule has 1 heteroatoms. The Morgan fingerprint density at radius 2 is 0.673 bits per heavy atom. The van der Waals surface area contributed by atoms with Crippen LogP contribution in [0, 0.1) is 51.8 Å². The van der Waals surface area contributed by atoms with Crippen molar-refractivity contribution in [2.24, 2.45) is 51.8 Å². The van der Waals surface area contributed by atoms with Crippen molar-refractivity contribution in [3.05, 3.63) is 89.5 Å². The maximum atomic E-state index is 2.67. The molecule has 264 valence electrons. The van der Waals surface area contributed by atoms with Crippen LogP contribution >= 0.6 is 0 Å². The van der Waals surface area contributed by atoms with Crippen molar-refractivity contribution in [3.63, 3.8) is 0 Å². The number of rotatable bonds is 6. The summed E-state index contributed by atoms with van der Waals surface area (Å²) in [5.41, 5.74) is 7.15. The second-order valence-corrected chi connectivity index (χ2v) is 25.5. The standard InChI is InChI=1S/3C16H21.Ir/c3*1-12-9-10-14-11-16(12,15(14,2)3)13-7-5-4-6-8-13;/h3*4-7,12,14H,9-11H2,1-3H3;. The Labute approximate surface area is 304 Å². The zero-order chi connectivity index (χ0) is 34.4. The molecule has 0 nitrogen and oxygen atoms in total. The fourth-order valence-corrected chi connectivity index (χ4v) is 22.8. The van der Waals surface area contributed by atoms with E-state index in [1.54, 1.807) is 28.9 Å². The molecule has 12 rings (SSSR count). The predicted molar refractivity (Wildman–Crippen MR) is 204 cm³/mol. The van der Waals surface area contributed by atoms with E-state index in [2.05, 4.69) is 135 Å². The summed E-state index contributed by atoms with van der Waals surface area (Å²) in [5, 5.41) is 0. The third kappa shape index (κ3) is 3.82. The summed E-state index contributed by atoms with van der Waals surface area (Å²) in [5.74, 6) is 4.78. The van der Waals surface area contributed by atoms with E-state index in [1.807, 2.05) is 0 Å². The number of benzene rings is 3. The first-order valence-corrected chi connectivity index (χ1v) is 23.8. The van der Waals surface area contributed by atoms with Gasteiger partial charge in [-0.1, -0.05) is 0 Å². The average molecular weight is 832 g/mol. The van der Waals surface area contributed by atoms with Gasteiger partial charge in [-0.3, -0.25) is 0 Å². The van der Waals surface area contributed by atoms with E-state index in [0.29, 0.717) is 16.2 Å². The average Bonchev–Trinajstić information content (AvgIpc) is 3.09. The molecule has 3 aromatic carbocycles. The van der Waals surface area contributed by atoms with E-state index in [-0.39, 0.29) is 16.2 Å². The third-order valence-corrected chi connectivity index (χ3v) is 25.1. The first kappa shape index (κ1) is 33.2. The molecule has 0 heterocycles. The van der Waals surface area contributed by atoms with Crippen molar-refractivity contribution in [3.8, 4) is 0 Å². The number of fused-ring (bicyclic) bond motifs is 6. The van der Waals surface area contributed by atoms with Crippen LogP contribution in [0.5, 0.6) is 0 Å². The van der Waals surface area contributed by atoms with Gasteiger partial charge in [0.1, 0.15) is 0 Å². The first-order valence-electron chi connectivity index (χ1n) is 20.2. The molecule has 9 atom stereocenters. The predicted octanol–water partition coefficient (Wildman–Crippen LogP) is 10.7. The van der Waals surface area contributed by atoms with E-state index < -0.39 is 16.5 Å². The van der Waals surface area contributed by atoms with Gasteiger partial charge in [0.25, 0.3) is 0 Å². The van der Waals surface area contributed by atoms with Crippen LogP contribution in [0.25, 0.3) is 0 Å². The Morgan fingerprint density at radius 1 is 0.408 bits per heavy atom. The van der Waals surface area contributed by atoms with Crippen LogP contribution < -0.4 is 12.2 Å². The molecule has 6 bridgehead atoms. The molecule has 9 unspecified atom stereocenters. The molecule has 0 saturated heterocycles. The van der Waals surface area contributed by atoms with Gasteiger partial charge >= 0.3 is 306 Å². The molecule has 9 aliphatic carbocycles. The van der Waals surface area contributed by atoms with Gasteiger partial charge in [-0.25, -0.2) is 0 Å². The quantitative estimate of drug-likeness (QED) is 0.232. The van der Waals surface area contributed by atoms with Gasteiger partial charge in [-0.05, 0) is 0 Å². The molecule has 0 aromatic heterocycles. The van der Waals surface area contributed by atoms with Crippen molar-refractivity contribution in [2.45, 2.75) is 136 Å². The summed E-state index contributed by atoms with van der Waals surface area (Å²) in [6.07, 6.45) is 12.6. The molecule has 0 aliphatic heterocycles. The van der Waals surface area contributed by atoms with Crippen LogP contribution in [-0.4, -0.2) is 0 Å². The molecular formula is C48H63Ir. The van der Waals surface area contributed by atoms with E-state index in [9.17, 15) is 0 Å². The molecule has 0 amide bonds.